The summed E-state index contributed by atoms with van der Waals surface area (Å²) in [6, 6.07) is 3.39. The van der Waals surface area contributed by atoms with E-state index in [1.807, 2.05) is 14.1 Å². The van der Waals surface area contributed by atoms with Crippen molar-refractivity contribution in [1.29, 1.82) is 0 Å². The van der Waals surface area contributed by atoms with E-state index in [0.717, 1.165) is 25.9 Å². The maximum Gasteiger partial charge on any atom is 0.276 e. The predicted molar refractivity (Wildman–Crippen MR) is 79.4 cm³/mol. The average molecular weight is 279 g/mol. The Morgan fingerprint density at radius 1 is 1.55 bits per heavy atom. The summed E-state index contributed by atoms with van der Waals surface area (Å²) in [4.78, 5) is 19.4. The Balaban J connectivity index is 2.30. The van der Waals surface area contributed by atoms with Crippen molar-refractivity contribution in [1.82, 2.24) is 9.88 Å². The van der Waals surface area contributed by atoms with Crippen LogP contribution in [0.15, 0.2) is 12.1 Å². The summed E-state index contributed by atoms with van der Waals surface area (Å²) in [5, 5.41) is 13.9. The Hall–Kier alpha value is -1.89. The highest BCUT2D eigenvalue weighted by atomic mass is 16.6. The zero-order valence-corrected chi connectivity index (χ0v) is 12.2. The molecule has 1 aromatic heterocycles. The third kappa shape index (κ3) is 3.16. The zero-order chi connectivity index (χ0) is 14.7. The summed E-state index contributed by atoms with van der Waals surface area (Å²) in [6.45, 7) is 1.83. The fourth-order valence-corrected chi connectivity index (χ4v) is 2.63. The molecule has 1 fully saturated rings. The van der Waals surface area contributed by atoms with Gasteiger partial charge < -0.3 is 15.1 Å². The topological polar surface area (TPSA) is 74.5 Å². The number of aromatic nitrogens is 1. The van der Waals surface area contributed by atoms with Crippen molar-refractivity contribution < 1.29 is 4.92 Å². The van der Waals surface area contributed by atoms with Gasteiger partial charge in [0, 0.05) is 26.2 Å². The second-order valence-electron chi connectivity index (χ2n) is 5.33. The molecule has 1 N–H and O–H groups in total. The molecule has 1 atom stereocenters. The van der Waals surface area contributed by atoms with Gasteiger partial charge in [-0.25, -0.2) is 4.98 Å². The lowest BCUT2D eigenvalue weighted by Gasteiger charge is -2.28. The van der Waals surface area contributed by atoms with Crippen LogP contribution in [0, 0.1) is 10.1 Å². The molecule has 0 bridgehead atoms. The number of rotatable bonds is 5. The number of hydrogen-bond donors (Lipinski definition) is 1. The molecule has 1 aromatic rings. The standard InChI is InChI=1S/C13H21N5O2/c1-14-12-7-11(18(19)20)8-13(15-12)17-6-4-5-10(17)9-16(2)3/h7-8,10H,4-6,9H2,1-3H3,(H,14,15). The van der Waals surface area contributed by atoms with E-state index in [2.05, 4.69) is 20.1 Å². The van der Waals surface area contributed by atoms with Gasteiger partial charge in [-0.05, 0) is 26.9 Å². The molecule has 1 saturated heterocycles. The first-order chi connectivity index (χ1) is 9.51. The molecule has 110 valence electrons. The summed E-state index contributed by atoms with van der Waals surface area (Å²) in [6.07, 6.45) is 2.19. The van der Waals surface area contributed by atoms with Crippen LogP contribution in [-0.2, 0) is 0 Å². The summed E-state index contributed by atoms with van der Waals surface area (Å²) in [5.41, 5.74) is 0.0786. The zero-order valence-electron chi connectivity index (χ0n) is 12.2. The van der Waals surface area contributed by atoms with E-state index in [-0.39, 0.29) is 10.6 Å². The quantitative estimate of drug-likeness (QED) is 0.651. The number of hydrogen-bond acceptors (Lipinski definition) is 6. The molecule has 2 heterocycles. The van der Waals surface area contributed by atoms with Crippen LogP contribution in [0.3, 0.4) is 0 Å². The molecular weight excluding hydrogens is 258 g/mol. The first kappa shape index (κ1) is 14.5. The van der Waals surface area contributed by atoms with E-state index in [4.69, 9.17) is 0 Å². The molecule has 0 spiro atoms. The van der Waals surface area contributed by atoms with Crippen LogP contribution >= 0.6 is 0 Å². The minimum Gasteiger partial charge on any atom is -0.373 e. The Labute approximate surface area is 118 Å². The number of nitrogens with zero attached hydrogens (tertiary/aromatic N) is 4. The van der Waals surface area contributed by atoms with Gasteiger partial charge in [0.1, 0.15) is 11.6 Å². The number of pyridine rings is 1. The van der Waals surface area contributed by atoms with Crippen molar-refractivity contribution >= 4 is 17.3 Å². The third-order valence-corrected chi connectivity index (χ3v) is 3.51. The molecule has 0 aromatic carbocycles. The number of nitro groups is 1. The predicted octanol–water partition coefficient (Wildman–Crippen LogP) is 1.56. The summed E-state index contributed by atoms with van der Waals surface area (Å²) in [5.74, 6) is 1.22. The van der Waals surface area contributed by atoms with E-state index >= 15 is 0 Å². The first-order valence-electron chi connectivity index (χ1n) is 6.77. The lowest BCUT2D eigenvalue weighted by Crippen LogP contribution is -2.38. The van der Waals surface area contributed by atoms with Crippen LogP contribution in [0.2, 0.25) is 0 Å². The van der Waals surface area contributed by atoms with Crippen LogP contribution < -0.4 is 10.2 Å². The van der Waals surface area contributed by atoms with Gasteiger partial charge in [-0.15, -0.1) is 0 Å². The van der Waals surface area contributed by atoms with Crippen LogP contribution in [-0.4, -0.2) is 55.1 Å². The molecule has 1 aliphatic heterocycles. The third-order valence-electron chi connectivity index (χ3n) is 3.51. The molecule has 0 radical (unpaired) electrons. The molecule has 7 heteroatoms. The number of likely N-dealkylation sites (N-methyl/N-ethyl adjacent to an activating group) is 1. The van der Waals surface area contributed by atoms with Crippen molar-refractivity contribution in [3.8, 4) is 0 Å². The average Bonchev–Trinajstić information content (AvgIpc) is 2.85. The van der Waals surface area contributed by atoms with Crippen molar-refractivity contribution in [3.63, 3.8) is 0 Å². The lowest BCUT2D eigenvalue weighted by molar-refractivity contribution is -0.384. The second-order valence-corrected chi connectivity index (χ2v) is 5.33. The molecule has 0 saturated carbocycles. The minimum absolute atomic E-state index is 0.0786. The normalized spacial score (nSPS) is 18.6. The van der Waals surface area contributed by atoms with Gasteiger partial charge in [-0.2, -0.15) is 0 Å². The summed E-state index contributed by atoms with van der Waals surface area (Å²) < 4.78 is 0. The van der Waals surface area contributed by atoms with E-state index < -0.39 is 0 Å². The van der Waals surface area contributed by atoms with Crippen LogP contribution in [0.5, 0.6) is 0 Å². The highest BCUT2D eigenvalue weighted by molar-refractivity contribution is 5.56. The van der Waals surface area contributed by atoms with E-state index in [0.29, 0.717) is 17.7 Å². The van der Waals surface area contributed by atoms with Gasteiger partial charge in [-0.1, -0.05) is 0 Å². The van der Waals surface area contributed by atoms with Gasteiger partial charge in [0.05, 0.1) is 17.1 Å². The maximum absolute atomic E-state index is 11.0. The van der Waals surface area contributed by atoms with Crippen molar-refractivity contribution in [3.05, 3.63) is 22.2 Å². The Kier molecular flexibility index (Phi) is 4.39. The van der Waals surface area contributed by atoms with Gasteiger partial charge in [0.25, 0.3) is 5.69 Å². The number of nitrogens with one attached hydrogen (secondary N) is 1. The molecule has 0 amide bonds. The SMILES string of the molecule is CNc1cc([N+](=O)[O-])cc(N2CCCC2CN(C)C)n1. The fourth-order valence-electron chi connectivity index (χ4n) is 2.63. The lowest BCUT2D eigenvalue weighted by atomic mass is 10.2. The molecule has 7 nitrogen and oxygen atoms in total. The van der Waals surface area contributed by atoms with E-state index in [1.165, 1.54) is 6.07 Å². The summed E-state index contributed by atoms with van der Waals surface area (Å²) >= 11 is 0. The maximum atomic E-state index is 11.0. The van der Waals surface area contributed by atoms with Crippen LogP contribution in [0.4, 0.5) is 17.3 Å². The first-order valence-corrected chi connectivity index (χ1v) is 6.77. The Bertz CT molecular complexity index is 492. The van der Waals surface area contributed by atoms with Gasteiger partial charge in [0.2, 0.25) is 0 Å². The molecule has 1 unspecified atom stereocenters. The van der Waals surface area contributed by atoms with Crippen molar-refractivity contribution in [2.45, 2.75) is 18.9 Å². The van der Waals surface area contributed by atoms with Gasteiger partial charge in [0.15, 0.2) is 0 Å². The smallest absolute Gasteiger partial charge is 0.276 e. The molecule has 1 aliphatic rings. The van der Waals surface area contributed by atoms with Crippen molar-refractivity contribution in [2.24, 2.45) is 0 Å². The van der Waals surface area contributed by atoms with Crippen LogP contribution in [0.25, 0.3) is 0 Å². The minimum atomic E-state index is -0.372. The second kappa shape index (κ2) is 6.04. The van der Waals surface area contributed by atoms with Gasteiger partial charge in [-0.3, -0.25) is 10.1 Å². The number of anilines is 2. The molecular formula is C13H21N5O2. The monoisotopic (exact) mass is 279 g/mol. The van der Waals surface area contributed by atoms with E-state index in [1.54, 1.807) is 13.1 Å². The van der Waals surface area contributed by atoms with E-state index in [9.17, 15) is 10.1 Å². The van der Waals surface area contributed by atoms with Crippen LogP contribution in [0.1, 0.15) is 12.8 Å². The highest BCUT2D eigenvalue weighted by Gasteiger charge is 2.27. The summed E-state index contributed by atoms with van der Waals surface area (Å²) in [7, 11) is 5.80. The molecule has 0 aliphatic carbocycles. The molecule has 20 heavy (non-hydrogen) atoms. The highest BCUT2D eigenvalue weighted by Crippen LogP contribution is 2.29. The largest absolute Gasteiger partial charge is 0.373 e. The Morgan fingerprint density at radius 2 is 2.30 bits per heavy atom. The Morgan fingerprint density at radius 3 is 2.90 bits per heavy atom. The fraction of sp³-hybridized carbons (Fsp3) is 0.615. The van der Waals surface area contributed by atoms with Crippen molar-refractivity contribution in [2.75, 3.05) is 44.4 Å². The van der Waals surface area contributed by atoms with Gasteiger partial charge >= 0.3 is 0 Å². The molecule has 2 rings (SSSR count).